The maximum Gasteiger partial charge on any atom is 0.258 e. The maximum atomic E-state index is 13.7. The van der Waals surface area contributed by atoms with E-state index >= 15 is 0 Å². The lowest BCUT2D eigenvalue weighted by Gasteiger charge is -2.38. The zero-order valence-electron chi connectivity index (χ0n) is 11.9. The summed E-state index contributed by atoms with van der Waals surface area (Å²) in [5.74, 6) is -0.497. The van der Waals surface area contributed by atoms with Crippen molar-refractivity contribution in [2.24, 2.45) is 0 Å². The van der Waals surface area contributed by atoms with E-state index in [2.05, 4.69) is 4.98 Å². The van der Waals surface area contributed by atoms with Crippen LogP contribution >= 0.6 is 11.6 Å². The Labute approximate surface area is 132 Å². The van der Waals surface area contributed by atoms with Crippen LogP contribution in [-0.4, -0.2) is 35.0 Å². The lowest BCUT2D eigenvalue weighted by Crippen LogP contribution is -2.56. The molecule has 114 valence electrons. The van der Waals surface area contributed by atoms with Gasteiger partial charge in [-0.15, -0.1) is 0 Å². The second-order valence-corrected chi connectivity index (χ2v) is 5.57. The summed E-state index contributed by atoms with van der Waals surface area (Å²) in [7, 11) is 0. The van der Waals surface area contributed by atoms with E-state index in [0.29, 0.717) is 19.0 Å². The minimum atomic E-state index is -0.609. The van der Waals surface area contributed by atoms with Crippen molar-refractivity contribution in [3.63, 3.8) is 0 Å². The molecule has 3 rings (SSSR count). The zero-order chi connectivity index (χ0) is 15.7. The van der Waals surface area contributed by atoms with Gasteiger partial charge in [0, 0.05) is 11.8 Å². The molecule has 1 saturated heterocycles. The fourth-order valence-electron chi connectivity index (χ4n) is 2.29. The van der Waals surface area contributed by atoms with Gasteiger partial charge in [0.1, 0.15) is 11.9 Å². The number of hydrogen-bond acceptors (Lipinski definition) is 3. The number of pyridine rings is 1. The van der Waals surface area contributed by atoms with Gasteiger partial charge in [-0.25, -0.2) is 9.37 Å². The Hall–Kier alpha value is -2.14. The molecule has 22 heavy (non-hydrogen) atoms. The van der Waals surface area contributed by atoms with Gasteiger partial charge in [-0.3, -0.25) is 4.79 Å². The van der Waals surface area contributed by atoms with E-state index in [4.69, 9.17) is 16.3 Å². The van der Waals surface area contributed by atoms with Gasteiger partial charge in [0.25, 0.3) is 5.91 Å². The topological polar surface area (TPSA) is 42.4 Å². The third kappa shape index (κ3) is 2.90. The third-order valence-electron chi connectivity index (χ3n) is 3.46. The van der Waals surface area contributed by atoms with Crippen LogP contribution in [-0.2, 0) is 0 Å². The number of nitrogens with zero attached hydrogens (tertiary/aromatic N) is 2. The molecule has 0 unspecified atom stereocenters. The number of carbonyl (C=O) groups excluding carboxylic acids is 1. The molecule has 1 aliphatic heterocycles. The highest BCUT2D eigenvalue weighted by Gasteiger charge is 2.35. The Morgan fingerprint density at radius 3 is 2.73 bits per heavy atom. The number of rotatable bonds is 3. The van der Waals surface area contributed by atoms with Crippen LogP contribution in [0.25, 0.3) is 0 Å². The first-order valence-corrected chi connectivity index (χ1v) is 7.26. The number of benzene rings is 1. The predicted molar refractivity (Wildman–Crippen MR) is 80.7 cm³/mol. The van der Waals surface area contributed by atoms with Crippen LogP contribution in [0.2, 0.25) is 5.02 Å². The van der Waals surface area contributed by atoms with Gasteiger partial charge in [0.05, 0.1) is 23.7 Å². The Kier molecular flexibility index (Phi) is 3.98. The summed E-state index contributed by atoms with van der Waals surface area (Å²) >= 11 is 5.90. The molecule has 4 nitrogen and oxygen atoms in total. The van der Waals surface area contributed by atoms with Crippen molar-refractivity contribution < 1.29 is 13.9 Å². The van der Waals surface area contributed by atoms with Crippen molar-refractivity contribution in [3.8, 4) is 5.88 Å². The number of aromatic nitrogens is 1. The molecule has 0 aliphatic carbocycles. The van der Waals surface area contributed by atoms with Crippen LogP contribution < -0.4 is 4.74 Å². The number of amides is 1. The quantitative estimate of drug-likeness (QED) is 0.873. The highest BCUT2D eigenvalue weighted by Crippen LogP contribution is 2.24. The molecule has 1 aliphatic rings. The Bertz CT molecular complexity index is 697. The van der Waals surface area contributed by atoms with Crippen LogP contribution in [0, 0.1) is 12.7 Å². The van der Waals surface area contributed by atoms with E-state index in [0.717, 1.165) is 5.69 Å². The van der Waals surface area contributed by atoms with Gasteiger partial charge >= 0.3 is 0 Å². The summed E-state index contributed by atoms with van der Waals surface area (Å²) in [6, 6.07) is 9.71. The van der Waals surface area contributed by atoms with Gasteiger partial charge in [0.15, 0.2) is 0 Å². The standard InChI is InChI=1S/C16H14ClFN2O2/c1-10-4-2-7-14(19-10)22-11-8-20(9-11)16(21)15-12(17)5-3-6-13(15)18/h2-7,11H,8-9H2,1H3. The highest BCUT2D eigenvalue weighted by molar-refractivity contribution is 6.33. The van der Waals surface area contributed by atoms with Crippen molar-refractivity contribution in [3.05, 3.63) is 58.5 Å². The molecule has 0 spiro atoms. The molecule has 1 aromatic carbocycles. The Morgan fingerprint density at radius 2 is 2.05 bits per heavy atom. The van der Waals surface area contributed by atoms with Crippen molar-refractivity contribution in [1.82, 2.24) is 9.88 Å². The van der Waals surface area contributed by atoms with E-state index in [1.165, 1.54) is 23.1 Å². The van der Waals surface area contributed by atoms with E-state index < -0.39 is 11.7 Å². The van der Waals surface area contributed by atoms with Crippen LogP contribution in [0.5, 0.6) is 5.88 Å². The van der Waals surface area contributed by atoms with E-state index in [1.54, 1.807) is 6.07 Å². The Balaban J connectivity index is 1.62. The van der Waals surface area contributed by atoms with Crippen molar-refractivity contribution in [2.75, 3.05) is 13.1 Å². The molecule has 1 fully saturated rings. The Morgan fingerprint density at radius 1 is 1.32 bits per heavy atom. The smallest absolute Gasteiger partial charge is 0.258 e. The molecule has 0 N–H and O–H groups in total. The van der Waals surface area contributed by atoms with E-state index in [9.17, 15) is 9.18 Å². The van der Waals surface area contributed by atoms with Crippen molar-refractivity contribution >= 4 is 17.5 Å². The van der Waals surface area contributed by atoms with Gasteiger partial charge in [0.2, 0.25) is 5.88 Å². The fourth-order valence-corrected chi connectivity index (χ4v) is 2.54. The molecule has 0 radical (unpaired) electrons. The van der Waals surface area contributed by atoms with E-state index in [1.807, 2.05) is 19.1 Å². The molecule has 6 heteroatoms. The van der Waals surface area contributed by atoms with Gasteiger partial charge < -0.3 is 9.64 Å². The first-order chi connectivity index (χ1) is 10.5. The second-order valence-electron chi connectivity index (χ2n) is 5.16. The maximum absolute atomic E-state index is 13.7. The first-order valence-electron chi connectivity index (χ1n) is 6.88. The lowest BCUT2D eigenvalue weighted by atomic mass is 10.1. The van der Waals surface area contributed by atoms with Crippen LogP contribution in [0.3, 0.4) is 0 Å². The molecular weight excluding hydrogens is 307 g/mol. The summed E-state index contributed by atoms with van der Waals surface area (Å²) < 4.78 is 19.4. The van der Waals surface area contributed by atoms with Gasteiger partial charge in [-0.1, -0.05) is 23.7 Å². The summed E-state index contributed by atoms with van der Waals surface area (Å²) in [5, 5.41) is 0.120. The molecule has 1 amide bonds. The first kappa shape index (κ1) is 14.8. The minimum Gasteiger partial charge on any atom is -0.471 e. The monoisotopic (exact) mass is 320 g/mol. The van der Waals surface area contributed by atoms with Crippen molar-refractivity contribution in [1.29, 1.82) is 0 Å². The number of halogens is 2. The van der Waals surface area contributed by atoms with Crippen LogP contribution in [0.4, 0.5) is 4.39 Å². The normalized spacial score (nSPS) is 14.6. The largest absolute Gasteiger partial charge is 0.471 e. The summed E-state index contributed by atoms with van der Waals surface area (Å²) in [6.07, 6.45) is -0.135. The van der Waals surface area contributed by atoms with Crippen LogP contribution in [0.15, 0.2) is 36.4 Å². The van der Waals surface area contributed by atoms with Gasteiger partial charge in [-0.2, -0.15) is 0 Å². The average molecular weight is 321 g/mol. The highest BCUT2D eigenvalue weighted by atomic mass is 35.5. The summed E-state index contributed by atoms with van der Waals surface area (Å²) in [4.78, 5) is 18.0. The number of aryl methyl sites for hydroxylation is 1. The second kappa shape index (κ2) is 5.93. The molecule has 0 bridgehead atoms. The number of ether oxygens (including phenoxy) is 1. The number of carbonyl (C=O) groups is 1. The minimum absolute atomic E-state index is 0.0868. The third-order valence-corrected chi connectivity index (χ3v) is 3.78. The summed E-state index contributed by atoms with van der Waals surface area (Å²) in [5.41, 5.74) is 0.777. The van der Waals surface area contributed by atoms with Crippen LogP contribution in [0.1, 0.15) is 16.1 Å². The van der Waals surface area contributed by atoms with Gasteiger partial charge in [-0.05, 0) is 25.1 Å². The SMILES string of the molecule is Cc1cccc(OC2CN(C(=O)c3c(F)cccc3Cl)C2)n1. The lowest BCUT2D eigenvalue weighted by molar-refractivity contribution is 0.0156. The van der Waals surface area contributed by atoms with Crippen molar-refractivity contribution in [2.45, 2.75) is 13.0 Å². The zero-order valence-corrected chi connectivity index (χ0v) is 12.7. The number of likely N-dealkylation sites (tertiary alicyclic amines) is 1. The molecule has 0 saturated carbocycles. The molecule has 0 atom stereocenters. The molecule has 2 aromatic rings. The van der Waals surface area contributed by atoms with E-state index in [-0.39, 0.29) is 16.7 Å². The summed E-state index contributed by atoms with van der Waals surface area (Å²) in [6.45, 7) is 2.65. The predicted octanol–water partition coefficient (Wildman–Crippen LogP) is 3.09. The molecule has 2 heterocycles. The molecular formula is C16H14ClFN2O2. The average Bonchev–Trinajstić information content (AvgIpc) is 2.42. The molecule has 1 aromatic heterocycles. The fraction of sp³-hybridized carbons (Fsp3) is 0.250. The number of hydrogen-bond donors (Lipinski definition) is 0.